The second-order valence-electron chi connectivity index (χ2n) is 5.81. The zero-order valence-corrected chi connectivity index (χ0v) is 11.7. The summed E-state index contributed by atoms with van der Waals surface area (Å²) >= 11 is 0. The standard InChI is InChI=1S/C14H24N4/c1-14(2,15-3)10-16-13-9-8-12(17-18-13)11-6-4-5-7-11/h8-9,11,15H,4-7,10H2,1-3H3,(H,16,18). The molecule has 0 amide bonds. The molecular weight excluding hydrogens is 224 g/mol. The van der Waals surface area contributed by atoms with Crippen LogP contribution in [0.3, 0.4) is 0 Å². The maximum absolute atomic E-state index is 4.35. The molecule has 1 saturated carbocycles. The third kappa shape index (κ3) is 3.42. The highest BCUT2D eigenvalue weighted by Gasteiger charge is 2.19. The quantitative estimate of drug-likeness (QED) is 0.841. The van der Waals surface area contributed by atoms with Crippen LogP contribution in [0, 0.1) is 0 Å². The Kier molecular flexibility index (Phi) is 4.17. The lowest BCUT2D eigenvalue weighted by Gasteiger charge is -2.24. The van der Waals surface area contributed by atoms with Crippen LogP contribution in [0.1, 0.15) is 51.1 Å². The molecule has 18 heavy (non-hydrogen) atoms. The van der Waals surface area contributed by atoms with Gasteiger partial charge in [0.2, 0.25) is 0 Å². The number of aromatic nitrogens is 2. The summed E-state index contributed by atoms with van der Waals surface area (Å²) in [4.78, 5) is 0. The Morgan fingerprint density at radius 2 is 1.94 bits per heavy atom. The molecule has 2 rings (SSSR count). The van der Waals surface area contributed by atoms with Crippen molar-refractivity contribution in [3.05, 3.63) is 17.8 Å². The highest BCUT2D eigenvalue weighted by Crippen LogP contribution is 2.32. The van der Waals surface area contributed by atoms with Crippen molar-refractivity contribution in [1.29, 1.82) is 0 Å². The molecule has 1 aromatic heterocycles. The summed E-state index contributed by atoms with van der Waals surface area (Å²) in [5, 5.41) is 15.2. The van der Waals surface area contributed by atoms with Crippen LogP contribution in [0.15, 0.2) is 12.1 Å². The van der Waals surface area contributed by atoms with Gasteiger partial charge in [-0.1, -0.05) is 12.8 Å². The predicted octanol–water partition coefficient (Wildman–Crippen LogP) is 2.54. The maximum atomic E-state index is 4.35. The van der Waals surface area contributed by atoms with E-state index in [1.807, 2.05) is 13.1 Å². The molecule has 1 heterocycles. The van der Waals surface area contributed by atoms with Crippen molar-refractivity contribution < 1.29 is 0 Å². The van der Waals surface area contributed by atoms with Crippen molar-refractivity contribution in [3.63, 3.8) is 0 Å². The lowest BCUT2D eigenvalue weighted by molar-refractivity contribution is 0.447. The van der Waals surface area contributed by atoms with Crippen LogP contribution in [0.5, 0.6) is 0 Å². The molecule has 0 aliphatic heterocycles. The summed E-state index contributed by atoms with van der Waals surface area (Å²) in [6.07, 6.45) is 5.22. The second-order valence-corrected chi connectivity index (χ2v) is 5.81. The Bertz CT molecular complexity index is 366. The summed E-state index contributed by atoms with van der Waals surface area (Å²) in [6.45, 7) is 5.14. The summed E-state index contributed by atoms with van der Waals surface area (Å²) in [5.74, 6) is 1.50. The minimum atomic E-state index is 0.0613. The first-order valence-electron chi connectivity index (χ1n) is 6.87. The van der Waals surface area contributed by atoms with Gasteiger partial charge in [0, 0.05) is 18.0 Å². The van der Waals surface area contributed by atoms with Crippen LogP contribution in [0.4, 0.5) is 5.82 Å². The maximum Gasteiger partial charge on any atom is 0.148 e. The van der Waals surface area contributed by atoms with Crippen molar-refractivity contribution in [1.82, 2.24) is 15.5 Å². The first-order chi connectivity index (χ1) is 8.61. The third-order valence-electron chi connectivity index (χ3n) is 3.85. The van der Waals surface area contributed by atoms with E-state index < -0.39 is 0 Å². The van der Waals surface area contributed by atoms with Crippen LogP contribution < -0.4 is 10.6 Å². The fourth-order valence-corrected chi connectivity index (χ4v) is 2.28. The van der Waals surface area contributed by atoms with Crippen LogP contribution in [0.25, 0.3) is 0 Å². The van der Waals surface area contributed by atoms with E-state index in [2.05, 4.69) is 40.7 Å². The lowest BCUT2D eigenvalue weighted by Crippen LogP contribution is -2.42. The average Bonchev–Trinajstić information content (AvgIpc) is 2.91. The number of hydrogen-bond acceptors (Lipinski definition) is 4. The molecule has 1 aliphatic rings. The molecular formula is C14H24N4. The molecule has 1 fully saturated rings. The fourth-order valence-electron chi connectivity index (χ4n) is 2.28. The van der Waals surface area contributed by atoms with Gasteiger partial charge in [0.15, 0.2) is 0 Å². The molecule has 0 radical (unpaired) electrons. The van der Waals surface area contributed by atoms with E-state index in [4.69, 9.17) is 0 Å². The molecule has 4 nitrogen and oxygen atoms in total. The van der Waals surface area contributed by atoms with Gasteiger partial charge in [-0.25, -0.2) is 0 Å². The molecule has 0 atom stereocenters. The number of hydrogen-bond donors (Lipinski definition) is 2. The van der Waals surface area contributed by atoms with E-state index in [9.17, 15) is 0 Å². The number of rotatable bonds is 5. The number of nitrogens with zero attached hydrogens (tertiary/aromatic N) is 2. The molecule has 4 heteroatoms. The summed E-state index contributed by atoms with van der Waals surface area (Å²) in [6, 6.07) is 4.17. The Balaban J connectivity index is 1.91. The number of anilines is 1. The minimum absolute atomic E-state index is 0.0613. The van der Waals surface area contributed by atoms with Gasteiger partial charge in [-0.05, 0) is 45.9 Å². The molecule has 0 saturated heterocycles. The zero-order chi connectivity index (χ0) is 13.0. The SMILES string of the molecule is CNC(C)(C)CNc1ccc(C2CCCC2)nn1. The fraction of sp³-hybridized carbons (Fsp3) is 0.714. The smallest absolute Gasteiger partial charge is 0.148 e. The molecule has 0 bridgehead atoms. The van der Waals surface area contributed by atoms with Gasteiger partial charge in [0.05, 0.1) is 5.69 Å². The molecule has 1 aromatic rings. The van der Waals surface area contributed by atoms with Gasteiger partial charge in [-0.15, -0.1) is 5.10 Å². The van der Waals surface area contributed by atoms with E-state index in [0.717, 1.165) is 18.1 Å². The third-order valence-corrected chi connectivity index (χ3v) is 3.85. The lowest BCUT2D eigenvalue weighted by atomic mass is 10.0. The van der Waals surface area contributed by atoms with Crippen molar-refractivity contribution in [2.24, 2.45) is 0 Å². The van der Waals surface area contributed by atoms with Crippen molar-refractivity contribution in [2.75, 3.05) is 18.9 Å². The first-order valence-corrected chi connectivity index (χ1v) is 6.87. The van der Waals surface area contributed by atoms with Crippen molar-refractivity contribution in [3.8, 4) is 0 Å². The van der Waals surface area contributed by atoms with E-state index in [-0.39, 0.29) is 5.54 Å². The molecule has 0 spiro atoms. The topological polar surface area (TPSA) is 49.8 Å². The first kappa shape index (κ1) is 13.3. The van der Waals surface area contributed by atoms with Gasteiger partial charge >= 0.3 is 0 Å². The number of likely N-dealkylation sites (N-methyl/N-ethyl adjacent to an activating group) is 1. The normalized spacial score (nSPS) is 17.1. The van der Waals surface area contributed by atoms with E-state index >= 15 is 0 Å². The Morgan fingerprint density at radius 1 is 1.22 bits per heavy atom. The van der Waals surface area contributed by atoms with Gasteiger partial charge < -0.3 is 10.6 Å². The second kappa shape index (κ2) is 5.65. The van der Waals surface area contributed by atoms with Crippen molar-refractivity contribution in [2.45, 2.75) is 51.0 Å². The zero-order valence-electron chi connectivity index (χ0n) is 11.7. The van der Waals surface area contributed by atoms with E-state index in [1.54, 1.807) is 0 Å². The Labute approximate surface area is 110 Å². The molecule has 1 aliphatic carbocycles. The van der Waals surface area contributed by atoms with Crippen LogP contribution in [-0.2, 0) is 0 Å². The highest BCUT2D eigenvalue weighted by molar-refractivity contribution is 5.34. The summed E-state index contributed by atoms with van der Waals surface area (Å²) in [7, 11) is 1.97. The van der Waals surface area contributed by atoms with Gasteiger partial charge in [0.25, 0.3) is 0 Å². The van der Waals surface area contributed by atoms with Crippen LogP contribution in [0.2, 0.25) is 0 Å². The minimum Gasteiger partial charge on any atom is -0.367 e. The highest BCUT2D eigenvalue weighted by atomic mass is 15.2. The molecule has 0 unspecified atom stereocenters. The Hall–Kier alpha value is -1.16. The van der Waals surface area contributed by atoms with E-state index in [0.29, 0.717) is 5.92 Å². The predicted molar refractivity (Wildman–Crippen MR) is 74.9 cm³/mol. The van der Waals surface area contributed by atoms with Gasteiger partial charge in [-0.3, -0.25) is 0 Å². The van der Waals surface area contributed by atoms with Crippen LogP contribution >= 0.6 is 0 Å². The van der Waals surface area contributed by atoms with Gasteiger partial charge in [-0.2, -0.15) is 5.10 Å². The summed E-state index contributed by atoms with van der Waals surface area (Å²) < 4.78 is 0. The summed E-state index contributed by atoms with van der Waals surface area (Å²) in [5.41, 5.74) is 1.22. The van der Waals surface area contributed by atoms with Crippen LogP contribution in [-0.4, -0.2) is 29.3 Å². The number of nitrogens with one attached hydrogen (secondary N) is 2. The van der Waals surface area contributed by atoms with E-state index in [1.165, 1.54) is 25.7 Å². The van der Waals surface area contributed by atoms with Gasteiger partial charge in [0.1, 0.15) is 5.82 Å². The van der Waals surface area contributed by atoms with Crippen molar-refractivity contribution >= 4 is 5.82 Å². The monoisotopic (exact) mass is 248 g/mol. The molecule has 0 aromatic carbocycles. The Morgan fingerprint density at radius 3 is 2.50 bits per heavy atom. The molecule has 2 N–H and O–H groups in total. The average molecular weight is 248 g/mol. The molecule has 100 valence electrons. The largest absolute Gasteiger partial charge is 0.367 e.